The van der Waals surface area contributed by atoms with Crippen molar-refractivity contribution in [2.75, 3.05) is 0 Å². The second-order valence-corrected chi connectivity index (χ2v) is 11.1. The molecular formula is C38H22N8. The molecule has 8 nitrogen and oxygen atoms in total. The zero-order valence-electron chi connectivity index (χ0n) is 24.8. The fourth-order valence-corrected chi connectivity index (χ4v) is 6.55. The Kier molecular flexibility index (Phi) is 5.90. The molecule has 8 rings (SSSR count). The quantitative estimate of drug-likeness (QED) is 0.206. The monoisotopic (exact) mass is 590 g/mol. The highest BCUT2D eigenvalue weighted by Gasteiger charge is 2.23. The van der Waals surface area contributed by atoms with E-state index < -0.39 is 0 Å². The van der Waals surface area contributed by atoms with Gasteiger partial charge in [-0.3, -0.25) is 0 Å². The molecule has 0 bridgehead atoms. The summed E-state index contributed by atoms with van der Waals surface area (Å²) in [6.07, 6.45) is 0. The predicted molar refractivity (Wildman–Crippen MR) is 178 cm³/mol. The Morgan fingerprint density at radius 2 is 1.00 bits per heavy atom. The Morgan fingerprint density at radius 1 is 0.500 bits per heavy atom. The van der Waals surface area contributed by atoms with E-state index in [2.05, 4.69) is 33.8 Å². The van der Waals surface area contributed by atoms with Gasteiger partial charge < -0.3 is 9.13 Å². The van der Waals surface area contributed by atoms with Gasteiger partial charge in [0.05, 0.1) is 62.3 Å². The van der Waals surface area contributed by atoms with Crippen LogP contribution in [0.15, 0.2) is 97.1 Å². The first-order chi connectivity index (χ1) is 22.5. The maximum Gasteiger partial charge on any atom is 0.165 e. The number of hydrogen-bond acceptors (Lipinski definition) is 6. The second-order valence-electron chi connectivity index (χ2n) is 11.1. The molecule has 5 aromatic carbocycles. The first-order valence-electron chi connectivity index (χ1n) is 14.6. The van der Waals surface area contributed by atoms with Crippen LogP contribution in [0, 0.1) is 47.8 Å². The number of rotatable bonds is 3. The van der Waals surface area contributed by atoms with Gasteiger partial charge >= 0.3 is 0 Å². The molecule has 46 heavy (non-hydrogen) atoms. The van der Waals surface area contributed by atoms with Crippen LogP contribution in [0.5, 0.6) is 0 Å². The molecule has 3 heterocycles. The molecule has 0 amide bonds. The van der Waals surface area contributed by atoms with Gasteiger partial charge in [-0.25, -0.2) is 15.0 Å². The standard InChI is InChI=1S/C38H22N8/c1-22-42-23(2)44-38(43-22)31-18-34(45-32-9-5-3-7-27(32)29-13-11-24(19-39)15-35(29)45)26(21-41)17-37(31)46-33-10-6-4-8-28(33)30-14-12-25(20-40)16-36(30)46/h3-18H,1-2H3. The Bertz CT molecular complexity index is 2690. The van der Waals surface area contributed by atoms with Crippen molar-refractivity contribution >= 4 is 43.6 Å². The van der Waals surface area contributed by atoms with Crippen molar-refractivity contribution in [1.82, 2.24) is 24.1 Å². The number of nitriles is 3. The lowest BCUT2D eigenvalue weighted by atomic mass is 10.0. The van der Waals surface area contributed by atoms with Gasteiger partial charge in [0.2, 0.25) is 0 Å². The predicted octanol–water partition coefficient (Wildman–Crippen LogP) is 7.96. The number of aromatic nitrogens is 5. The van der Waals surface area contributed by atoms with Crippen LogP contribution in [-0.2, 0) is 0 Å². The molecule has 0 N–H and O–H groups in total. The molecule has 0 aliphatic carbocycles. The van der Waals surface area contributed by atoms with E-state index in [4.69, 9.17) is 9.97 Å². The molecule has 0 atom stereocenters. The van der Waals surface area contributed by atoms with Crippen LogP contribution >= 0.6 is 0 Å². The maximum absolute atomic E-state index is 10.7. The number of aryl methyl sites for hydroxylation is 2. The van der Waals surface area contributed by atoms with Gasteiger partial charge in [-0.05, 0) is 62.4 Å². The maximum atomic E-state index is 10.7. The van der Waals surface area contributed by atoms with Crippen LogP contribution in [0.2, 0.25) is 0 Å². The van der Waals surface area contributed by atoms with Crippen LogP contribution in [0.3, 0.4) is 0 Å². The molecule has 8 heteroatoms. The third-order valence-corrected chi connectivity index (χ3v) is 8.42. The lowest BCUT2D eigenvalue weighted by Crippen LogP contribution is -2.07. The largest absolute Gasteiger partial charge is 0.308 e. The van der Waals surface area contributed by atoms with E-state index in [0.717, 1.165) is 43.6 Å². The SMILES string of the molecule is Cc1nc(C)nc(-c2cc(-n3c4ccccc4c4ccc(C#N)cc43)c(C#N)cc2-n2c3ccccc3c3ccc(C#N)cc32)n1. The smallest absolute Gasteiger partial charge is 0.165 e. The van der Waals surface area contributed by atoms with Crippen molar-refractivity contribution < 1.29 is 0 Å². The van der Waals surface area contributed by atoms with Gasteiger partial charge in [-0.15, -0.1) is 0 Å². The number of para-hydroxylation sites is 2. The van der Waals surface area contributed by atoms with E-state index in [1.165, 1.54) is 0 Å². The molecule has 8 aromatic rings. The van der Waals surface area contributed by atoms with E-state index >= 15 is 0 Å². The summed E-state index contributed by atoms with van der Waals surface area (Å²) < 4.78 is 4.12. The Hall–Kier alpha value is -6.82. The Labute approximate surface area is 263 Å². The number of benzene rings is 5. The highest BCUT2D eigenvalue weighted by molar-refractivity contribution is 6.11. The van der Waals surface area contributed by atoms with Crippen LogP contribution in [0.4, 0.5) is 0 Å². The minimum Gasteiger partial charge on any atom is -0.308 e. The molecule has 0 saturated carbocycles. The lowest BCUT2D eigenvalue weighted by molar-refractivity contribution is 0.926. The summed E-state index contributed by atoms with van der Waals surface area (Å²) in [5.74, 6) is 1.61. The molecular weight excluding hydrogens is 568 g/mol. The molecule has 0 spiro atoms. The first-order valence-corrected chi connectivity index (χ1v) is 14.6. The molecule has 3 aromatic heterocycles. The van der Waals surface area contributed by atoms with Gasteiger partial charge in [0.1, 0.15) is 17.7 Å². The summed E-state index contributed by atoms with van der Waals surface area (Å²) in [6, 6.07) is 38.2. The van der Waals surface area contributed by atoms with Crippen molar-refractivity contribution in [3.05, 3.63) is 125 Å². The average Bonchev–Trinajstić information content (AvgIpc) is 3.59. The van der Waals surface area contributed by atoms with E-state index in [9.17, 15) is 15.8 Å². The van der Waals surface area contributed by atoms with Crippen molar-refractivity contribution in [2.45, 2.75) is 13.8 Å². The first kappa shape index (κ1) is 26.8. The van der Waals surface area contributed by atoms with Crippen molar-refractivity contribution in [2.24, 2.45) is 0 Å². The molecule has 0 unspecified atom stereocenters. The second kappa shape index (κ2) is 10.1. The van der Waals surface area contributed by atoms with Crippen molar-refractivity contribution in [1.29, 1.82) is 15.8 Å². The summed E-state index contributed by atoms with van der Waals surface area (Å²) in [4.78, 5) is 14.0. The lowest BCUT2D eigenvalue weighted by Gasteiger charge is -2.18. The van der Waals surface area contributed by atoms with E-state index in [-0.39, 0.29) is 0 Å². The third-order valence-electron chi connectivity index (χ3n) is 8.42. The molecule has 0 aliphatic rings. The number of hydrogen-bond donors (Lipinski definition) is 0. The van der Waals surface area contributed by atoms with Crippen LogP contribution in [0.1, 0.15) is 28.3 Å². The molecule has 0 fully saturated rings. The molecule has 0 radical (unpaired) electrons. The summed E-state index contributed by atoms with van der Waals surface area (Å²) in [6.45, 7) is 3.66. The highest BCUT2D eigenvalue weighted by Crippen LogP contribution is 2.40. The zero-order valence-corrected chi connectivity index (χ0v) is 24.8. The van der Waals surface area contributed by atoms with Gasteiger partial charge in [0.15, 0.2) is 5.82 Å². The fourth-order valence-electron chi connectivity index (χ4n) is 6.55. The Balaban J connectivity index is 1.56. The minimum atomic E-state index is 0.425. The van der Waals surface area contributed by atoms with Crippen molar-refractivity contribution in [3.8, 4) is 41.0 Å². The van der Waals surface area contributed by atoms with Crippen molar-refractivity contribution in [3.63, 3.8) is 0 Å². The molecule has 214 valence electrons. The van der Waals surface area contributed by atoms with Gasteiger partial charge in [0.25, 0.3) is 0 Å². The summed E-state index contributed by atoms with van der Waals surface area (Å²) in [5, 5.41) is 34.3. The van der Waals surface area contributed by atoms with Crippen LogP contribution < -0.4 is 0 Å². The van der Waals surface area contributed by atoms with Gasteiger partial charge in [-0.2, -0.15) is 15.8 Å². The van der Waals surface area contributed by atoms with Crippen LogP contribution in [-0.4, -0.2) is 24.1 Å². The normalized spacial score (nSPS) is 11.2. The zero-order chi connectivity index (χ0) is 31.5. The van der Waals surface area contributed by atoms with Gasteiger partial charge in [0, 0.05) is 27.1 Å². The summed E-state index contributed by atoms with van der Waals surface area (Å²) in [5.41, 5.74) is 6.97. The minimum absolute atomic E-state index is 0.425. The van der Waals surface area contributed by atoms with Crippen LogP contribution in [0.25, 0.3) is 66.4 Å². The fraction of sp³-hybridized carbons (Fsp3) is 0.0526. The number of fused-ring (bicyclic) bond motifs is 6. The van der Waals surface area contributed by atoms with E-state index in [1.807, 2.05) is 109 Å². The molecule has 0 aliphatic heterocycles. The van der Waals surface area contributed by atoms with Gasteiger partial charge in [-0.1, -0.05) is 48.5 Å². The topological polar surface area (TPSA) is 120 Å². The van der Waals surface area contributed by atoms with E-state index in [1.54, 1.807) is 0 Å². The third kappa shape index (κ3) is 3.94. The highest BCUT2D eigenvalue weighted by atomic mass is 15.1. The molecule has 0 saturated heterocycles. The number of nitrogens with zero attached hydrogens (tertiary/aromatic N) is 8. The van der Waals surface area contributed by atoms with E-state index in [0.29, 0.717) is 51.1 Å². The Morgan fingerprint density at radius 3 is 1.52 bits per heavy atom. The average molecular weight is 591 g/mol. The summed E-state index contributed by atoms with van der Waals surface area (Å²) in [7, 11) is 0. The summed E-state index contributed by atoms with van der Waals surface area (Å²) >= 11 is 0.